The Bertz CT molecular complexity index is 480. The third-order valence-electron chi connectivity index (χ3n) is 2.53. The summed E-state index contributed by atoms with van der Waals surface area (Å²) in [6.45, 7) is 8.44. The summed E-state index contributed by atoms with van der Waals surface area (Å²) in [5.41, 5.74) is -0.227. The van der Waals surface area contributed by atoms with Crippen molar-refractivity contribution in [2.75, 3.05) is 6.54 Å². The highest BCUT2D eigenvalue weighted by Gasteiger charge is 2.18. The number of amides is 1. The van der Waals surface area contributed by atoms with Crippen molar-refractivity contribution in [2.45, 2.75) is 43.6 Å². The first kappa shape index (κ1) is 15.6. The minimum atomic E-state index is -0.310. The topological polar surface area (TPSA) is 79.8 Å². The zero-order chi connectivity index (χ0) is 14.3. The summed E-state index contributed by atoms with van der Waals surface area (Å²) in [7, 11) is 0. The van der Waals surface area contributed by atoms with Crippen molar-refractivity contribution >= 4 is 17.7 Å². The van der Waals surface area contributed by atoms with E-state index in [9.17, 15) is 9.59 Å². The second-order valence-corrected chi connectivity index (χ2v) is 5.42. The third kappa shape index (κ3) is 4.59. The molecule has 1 aromatic rings. The molecule has 6 nitrogen and oxygen atoms in total. The maximum atomic E-state index is 11.7. The van der Waals surface area contributed by atoms with Crippen molar-refractivity contribution in [3.8, 4) is 0 Å². The Morgan fingerprint density at radius 1 is 1.68 bits per heavy atom. The fraction of sp³-hybridized carbons (Fsp3) is 0.583. The Kier molecular flexibility index (Phi) is 6.41. The Morgan fingerprint density at radius 3 is 3.05 bits per heavy atom. The lowest BCUT2D eigenvalue weighted by Gasteiger charge is -2.10. The molecule has 19 heavy (non-hydrogen) atoms. The number of rotatable bonds is 8. The highest BCUT2D eigenvalue weighted by atomic mass is 32.2. The molecule has 0 saturated heterocycles. The number of aromatic amines is 1. The SMILES string of the molecule is C=CCNC(=O)[C@@H](C)Sc1n[nH]c(=O)n1CCCC. The van der Waals surface area contributed by atoms with E-state index >= 15 is 0 Å². The molecule has 1 atom stereocenters. The smallest absolute Gasteiger partial charge is 0.343 e. The molecular weight excluding hydrogens is 264 g/mol. The van der Waals surface area contributed by atoms with Crippen LogP contribution in [0.1, 0.15) is 26.7 Å². The lowest BCUT2D eigenvalue weighted by molar-refractivity contribution is -0.120. The fourth-order valence-electron chi connectivity index (χ4n) is 1.43. The van der Waals surface area contributed by atoms with Gasteiger partial charge in [0.25, 0.3) is 0 Å². The minimum absolute atomic E-state index is 0.0950. The summed E-state index contributed by atoms with van der Waals surface area (Å²) in [5.74, 6) is -0.0950. The van der Waals surface area contributed by atoms with Gasteiger partial charge in [-0.3, -0.25) is 9.36 Å². The highest BCUT2D eigenvalue weighted by Crippen LogP contribution is 2.20. The first-order valence-corrected chi connectivity index (χ1v) is 7.18. The summed E-state index contributed by atoms with van der Waals surface area (Å²) < 4.78 is 1.57. The molecule has 0 spiro atoms. The van der Waals surface area contributed by atoms with Crippen LogP contribution in [-0.4, -0.2) is 32.5 Å². The summed E-state index contributed by atoms with van der Waals surface area (Å²) in [6, 6.07) is 0. The zero-order valence-corrected chi connectivity index (χ0v) is 12.1. The van der Waals surface area contributed by atoms with Crippen molar-refractivity contribution < 1.29 is 4.79 Å². The van der Waals surface area contributed by atoms with Crippen LogP contribution in [0.15, 0.2) is 22.6 Å². The predicted octanol–water partition coefficient (Wildman–Crippen LogP) is 1.15. The molecule has 0 aromatic carbocycles. The van der Waals surface area contributed by atoms with Gasteiger partial charge in [0.2, 0.25) is 5.91 Å². The van der Waals surface area contributed by atoms with E-state index in [4.69, 9.17) is 0 Å². The molecule has 0 bridgehead atoms. The maximum Gasteiger partial charge on any atom is 0.343 e. The van der Waals surface area contributed by atoms with E-state index in [-0.39, 0.29) is 16.8 Å². The molecule has 0 unspecified atom stereocenters. The van der Waals surface area contributed by atoms with Crippen molar-refractivity contribution in [3.05, 3.63) is 23.1 Å². The van der Waals surface area contributed by atoms with Gasteiger partial charge in [-0.1, -0.05) is 31.2 Å². The van der Waals surface area contributed by atoms with E-state index in [1.54, 1.807) is 17.6 Å². The number of hydrogen-bond acceptors (Lipinski definition) is 4. The Balaban J connectivity index is 2.68. The van der Waals surface area contributed by atoms with Gasteiger partial charge in [0.05, 0.1) is 5.25 Å². The first-order valence-electron chi connectivity index (χ1n) is 6.30. The molecule has 0 radical (unpaired) electrons. The minimum Gasteiger partial charge on any atom is -0.352 e. The van der Waals surface area contributed by atoms with Gasteiger partial charge in [-0.05, 0) is 13.3 Å². The molecule has 0 fully saturated rings. The highest BCUT2D eigenvalue weighted by molar-refractivity contribution is 8.00. The van der Waals surface area contributed by atoms with E-state index in [0.29, 0.717) is 18.2 Å². The van der Waals surface area contributed by atoms with E-state index in [2.05, 4.69) is 29.0 Å². The molecule has 106 valence electrons. The van der Waals surface area contributed by atoms with Gasteiger partial charge in [0, 0.05) is 13.1 Å². The number of aromatic nitrogens is 3. The number of carbonyl (C=O) groups excluding carboxylic acids is 1. The van der Waals surface area contributed by atoms with Gasteiger partial charge in [0.15, 0.2) is 5.16 Å². The van der Waals surface area contributed by atoms with Crippen LogP contribution >= 0.6 is 11.8 Å². The number of nitrogens with one attached hydrogen (secondary N) is 2. The number of nitrogens with zero attached hydrogens (tertiary/aromatic N) is 2. The standard InChI is InChI=1S/C12H20N4O2S/c1-4-6-8-16-11(18)14-15-12(16)19-9(3)10(17)13-7-5-2/h5,9H,2,4,6-8H2,1,3H3,(H,13,17)(H,14,18)/t9-/m1/s1. The van der Waals surface area contributed by atoms with Gasteiger partial charge in [-0.15, -0.1) is 11.7 Å². The normalized spacial score (nSPS) is 12.1. The molecule has 0 saturated carbocycles. The summed E-state index contributed by atoms with van der Waals surface area (Å²) >= 11 is 1.27. The van der Waals surface area contributed by atoms with E-state index in [0.717, 1.165) is 12.8 Å². The Labute approximate surface area is 116 Å². The van der Waals surface area contributed by atoms with Crippen LogP contribution in [0.3, 0.4) is 0 Å². The molecular formula is C12H20N4O2S. The van der Waals surface area contributed by atoms with Crippen LogP contribution < -0.4 is 11.0 Å². The van der Waals surface area contributed by atoms with Gasteiger partial charge >= 0.3 is 5.69 Å². The molecule has 0 aliphatic rings. The summed E-state index contributed by atoms with van der Waals surface area (Å²) in [5, 5.41) is 9.35. The first-order chi connectivity index (χ1) is 9.10. The van der Waals surface area contributed by atoms with Crippen molar-refractivity contribution in [1.29, 1.82) is 0 Å². The third-order valence-corrected chi connectivity index (χ3v) is 3.62. The maximum absolute atomic E-state index is 11.7. The van der Waals surface area contributed by atoms with Gasteiger partial charge < -0.3 is 5.32 Å². The Hall–Kier alpha value is -1.50. The van der Waals surface area contributed by atoms with Gasteiger partial charge in [0.1, 0.15) is 0 Å². The quantitative estimate of drug-likeness (QED) is 0.554. The molecule has 0 aliphatic carbocycles. The molecule has 1 amide bonds. The van der Waals surface area contributed by atoms with E-state index in [1.807, 2.05) is 0 Å². The van der Waals surface area contributed by atoms with Crippen LogP contribution in [0.4, 0.5) is 0 Å². The zero-order valence-electron chi connectivity index (χ0n) is 11.3. The van der Waals surface area contributed by atoms with Crippen molar-refractivity contribution in [2.24, 2.45) is 0 Å². The second kappa shape index (κ2) is 7.83. The van der Waals surface area contributed by atoms with Gasteiger partial charge in [-0.2, -0.15) is 0 Å². The van der Waals surface area contributed by atoms with Crippen LogP contribution in [0, 0.1) is 0 Å². The second-order valence-electron chi connectivity index (χ2n) is 4.11. The van der Waals surface area contributed by atoms with Gasteiger partial charge in [-0.25, -0.2) is 9.89 Å². The van der Waals surface area contributed by atoms with Crippen molar-refractivity contribution in [3.63, 3.8) is 0 Å². The van der Waals surface area contributed by atoms with Crippen molar-refractivity contribution in [1.82, 2.24) is 20.1 Å². The number of hydrogen-bond donors (Lipinski definition) is 2. The monoisotopic (exact) mass is 284 g/mol. The molecule has 1 aromatic heterocycles. The summed E-state index contributed by atoms with van der Waals surface area (Å²) in [6.07, 6.45) is 3.53. The fourth-order valence-corrected chi connectivity index (χ4v) is 2.34. The van der Waals surface area contributed by atoms with E-state index < -0.39 is 0 Å². The van der Waals surface area contributed by atoms with Crippen LogP contribution in [0.5, 0.6) is 0 Å². The molecule has 7 heteroatoms. The number of carbonyl (C=O) groups is 1. The average Bonchev–Trinajstić information content (AvgIpc) is 2.74. The number of H-pyrrole nitrogens is 1. The lowest BCUT2D eigenvalue weighted by Crippen LogP contribution is -2.31. The molecule has 1 heterocycles. The van der Waals surface area contributed by atoms with Crippen LogP contribution in [0.2, 0.25) is 0 Å². The Morgan fingerprint density at radius 2 is 2.42 bits per heavy atom. The van der Waals surface area contributed by atoms with Crippen LogP contribution in [0.25, 0.3) is 0 Å². The number of thioether (sulfide) groups is 1. The van der Waals surface area contributed by atoms with Crippen LogP contribution in [-0.2, 0) is 11.3 Å². The molecule has 1 rings (SSSR count). The molecule has 0 aliphatic heterocycles. The largest absolute Gasteiger partial charge is 0.352 e. The predicted molar refractivity (Wildman–Crippen MR) is 76.3 cm³/mol. The summed E-state index contributed by atoms with van der Waals surface area (Å²) in [4.78, 5) is 23.3. The molecule has 2 N–H and O–H groups in total. The van der Waals surface area contributed by atoms with E-state index in [1.165, 1.54) is 11.8 Å². The number of unbranched alkanes of at least 4 members (excludes halogenated alkanes) is 1. The lowest BCUT2D eigenvalue weighted by atomic mass is 10.3. The average molecular weight is 284 g/mol.